The topological polar surface area (TPSA) is 31.5 Å². The van der Waals surface area contributed by atoms with Crippen LogP contribution in [-0.4, -0.2) is 56.8 Å². The van der Waals surface area contributed by atoms with Gasteiger partial charge in [-0.25, -0.2) is 0 Å². The smallest absolute Gasteiger partial charge is 0.0642 e. The molecule has 1 aliphatic heterocycles. The first-order valence-corrected chi connectivity index (χ1v) is 7.31. The molecule has 2 heterocycles. The number of ether oxygens (including phenoxy) is 1. The summed E-state index contributed by atoms with van der Waals surface area (Å²) >= 11 is 0. The van der Waals surface area contributed by atoms with E-state index in [4.69, 9.17) is 4.74 Å². The number of H-pyrrole nitrogens is 1. The molecule has 0 radical (unpaired) electrons. The van der Waals surface area contributed by atoms with Gasteiger partial charge < -0.3 is 19.5 Å². The number of fused-ring (bicyclic) bond motifs is 1. The third-order valence-corrected chi connectivity index (χ3v) is 3.96. The van der Waals surface area contributed by atoms with Gasteiger partial charge in [-0.3, -0.25) is 0 Å². The lowest BCUT2D eigenvalue weighted by Crippen LogP contribution is -2.36. The number of morpholine rings is 1. The molecular weight excluding hydrogens is 250 g/mol. The van der Waals surface area contributed by atoms with Crippen LogP contribution in [0.15, 0.2) is 24.4 Å². The van der Waals surface area contributed by atoms with Gasteiger partial charge in [0.15, 0.2) is 0 Å². The lowest BCUT2D eigenvalue weighted by atomic mass is 10.1. The second kappa shape index (κ2) is 5.85. The van der Waals surface area contributed by atoms with E-state index in [2.05, 4.69) is 53.3 Å². The molecule has 0 amide bonds. The van der Waals surface area contributed by atoms with Gasteiger partial charge in [0.2, 0.25) is 0 Å². The monoisotopic (exact) mass is 273 g/mol. The molecule has 1 aliphatic rings. The van der Waals surface area contributed by atoms with E-state index < -0.39 is 0 Å². The fourth-order valence-electron chi connectivity index (χ4n) is 2.74. The van der Waals surface area contributed by atoms with Crippen LogP contribution in [0, 0.1) is 0 Å². The van der Waals surface area contributed by atoms with Crippen LogP contribution in [0.25, 0.3) is 10.9 Å². The summed E-state index contributed by atoms with van der Waals surface area (Å²) in [4.78, 5) is 8.02. The summed E-state index contributed by atoms with van der Waals surface area (Å²) in [5, 5.41) is 1.36. The van der Waals surface area contributed by atoms with Crippen molar-refractivity contribution in [1.29, 1.82) is 0 Å². The number of rotatable bonds is 4. The molecule has 1 saturated heterocycles. The number of likely N-dealkylation sites (N-methyl/N-ethyl adjacent to an activating group) is 1. The highest BCUT2D eigenvalue weighted by molar-refractivity contribution is 5.86. The number of anilines is 1. The number of benzene rings is 1. The summed E-state index contributed by atoms with van der Waals surface area (Å²) in [6, 6.07) is 6.72. The first-order valence-electron chi connectivity index (χ1n) is 7.31. The molecule has 108 valence electrons. The summed E-state index contributed by atoms with van der Waals surface area (Å²) in [6.45, 7) is 4.72. The van der Waals surface area contributed by atoms with Crippen molar-refractivity contribution in [2.24, 2.45) is 0 Å². The number of nitrogens with zero attached hydrogens (tertiary/aromatic N) is 2. The molecule has 20 heavy (non-hydrogen) atoms. The minimum absolute atomic E-state index is 0.832. The van der Waals surface area contributed by atoms with Gasteiger partial charge in [0.05, 0.1) is 13.2 Å². The van der Waals surface area contributed by atoms with Gasteiger partial charge in [-0.2, -0.15) is 0 Å². The summed E-state index contributed by atoms with van der Waals surface area (Å²) < 4.78 is 5.43. The molecule has 0 bridgehead atoms. The molecule has 0 atom stereocenters. The van der Waals surface area contributed by atoms with E-state index in [1.165, 1.54) is 22.2 Å². The van der Waals surface area contributed by atoms with Gasteiger partial charge in [0, 0.05) is 42.4 Å². The van der Waals surface area contributed by atoms with E-state index in [0.717, 1.165) is 39.3 Å². The average Bonchev–Trinajstić information content (AvgIpc) is 2.88. The highest BCUT2D eigenvalue weighted by Crippen LogP contribution is 2.25. The summed E-state index contributed by atoms with van der Waals surface area (Å²) in [5.41, 5.74) is 3.95. The maximum Gasteiger partial charge on any atom is 0.0642 e. The summed E-state index contributed by atoms with van der Waals surface area (Å²) in [6.07, 6.45) is 3.23. The zero-order valence-corrected chi connectivity index (χ0v) is 12.4. The third kappa shape index (κ3) is 2.81. The second-order valence-electron chi connectivity index (χ2n) is 5.70. The van der Waals surface area contributed by atoms with Crippen molar-refractivity contribution in [3.63, 3.8) is 0 Å². The van der Waals surface area contributed by atoms with Crippen LogP contribution in [0.1, 0.15) is 5.56 Å². The summed E-state index contributed by atoms with van der Waals surface area (Å²) in [7, 11) is 4.24. The Hall–Kier alpha value is -1.52. The molecule has 0 saturated carbocycles. The third-order valence-electron chi connectivity index (χ3n) is 3.96. The van der Waals surface area contributed by atoms with E-state index >= 15 is 0 Å². The molecular formula is C16H23N3O. The molecule has 0 unspecified atom stereocenters. The van der Waals surface area contributed by atoms with Gasteiger partial charge in [-0.15, -0.1) is 0 Å². The van der Waals surface area contributed by atoms with E-state index in [1.807, 2.05) is 0 Å². The van der Waals surface area contributed by atoms with Gasteiger partial charge in [0.25, 0.3) is 0 Å². The molecule has 0 aliphatic carbocycles. The number of aromatic nitrogens is 1. The Morgan fingerprint density at radius 2 is 2.05 bits per heavy atom. The summed E-state index contributed by atoms with van der Waals surface area (Å²) in [5.74, 6) is 0. The largest absolute Gasteiger partial charge is 0.378 e. The first-order chi connectivity index (χ1) is 9.74. The number of aromatic amines is 1. The molecule has 0 spiro atoms. The lowest BCUT2D eigenvalue weighted by molar-refractivity contribution is 0.122. The van der Waals surface area contributed by atoms with Gasteiger partial charge in [-0.05, 0) is 44.3 Å². The van der Waals surface area contributed by atoms with E-state index in [0.29, 0.717) is 0 Å². The van der Waals surface area contributed by atoms with E-state index in [1.54, 1.807) is 0 Å². The highest BCUT2D eigenvalue weighted by atomic mass is 16.5. The molecule has 1 aromatic carbocycles. The molecule has 1 fully saturated rings. The van der Waals surface area contributed by atoms with Gasteiger partial charge in [-0.1, -0.05) is 0 Å². The van der Waals surface area contributed by atoms with E-state index in [-0.39, 0.29) is 0 Å². The Balaban J connectivity index is 1.86. The normalized spacial score (nSPS) is 16.2. The molecule has 1 aromatic heterocycles. The Kier molecular flexibility index (Phi) is 3.94. The van der Waals surface area contributed by atoms with Crippen molar-refractivity contribution in [2.45, 2.75) is 6.42 Å². The Bertz CT molecular complexity index is 570. The zero-order chi connectivity index (χ0) is 13.9. The van der Waals surface area contributed by atoms with Crippen LogP contribution >= 0.6 is 0 Å². The molecule has 3 rings (SSSR count). The van der Waals surface area contributed by atoms with Crippen molar-refractivity contribution in [2.75, 3.05) is 51.8 Å². The fraction of sp³-hybridized carbons (Fsp3) is 0.500. The Morgan fingerprint density at radius 1 is 1.25 bits per heavy atom. The highest BCUT2D eigenvalue weighted by Gasteiger charge is 2.13. The zero-order valence-electron chi connectivity index (χ0n) is 12.4. The Labute approximate surface area is 120 Å². The molecule has 1 N–H and O–H groups in total. The maximum atomic E-state index is 5.43. The standard InChI is InChI=1S/C16H23N3O/c1-18(2)6-5-13-12-17-16-4-3-14(11-15(13)16)19-7-9-20-10-8-19/h3-4,11-12,17H,5-10H2,1-2H3. The van der Waals surface area contributed by atoms with Crippen LogP contribution in [0.4, 0.5) is 5.69 Å². The fourth-order valence-corrected chi connectivity index (χ4v) is 2.74. The van der Waals surface area contributed by atoms with Crippen molar-refractivity contribution in [1.82, 2.24) is 9.88 Å². The van der Waals surface area contributed by atoms with Crippen LogP contribution < -0.4 is 4.90 Å². The quantitative estimate of drug-likeness (QED) is 0.926. The van der Waals surface area contributed by atoms with Crippen LogP contribution in [-0.2, 0) is 11.2 Å². The number of hydrogen-bond donors (Lipinski definition) is 1. The molecule has 2 aromatic rings. The predicted molar refractivity (Wildman–Crippen MR) is 83.6 cm³/mol. The molecule has 4 nitrogen and oxygen atoms in total. The Morgan fingerprint density at radius 3 is 2.80 bits per heavy atom. The van der Waals surface area contributed by atoms with Crippen molar-refractivity contribution in [3.8, 4) is 0 Å². The lowest BCUT2D eigenvalue weighted by Gasteiger charge is -2.29. The van der Waals surface area contributed by atoms with Gasteiger partial charge in [0.1, 0.15) is 0 Å². The molecule has 4 heteroatoms. The van der Waals surface area contributed by atoms with Crippen LogP contribution in [0.2, 0.25) is 0 Å². The van der Waals surface area contributed by atoms with Crippen LogP contribution in [0.5, 0.6) is 0 Å². The minimum Gasteiger partial charge on any atom is -0.378 e. The SMILES string of the molecule is CN(C)CCc1c[nH]c2ccc(N3CCOCC3)cc12. The van der Waals surface area contributed by atoms with Crippen LogP contribution in [0.3, 0.4) is 0 Å². The maximum absolute atomic E-state index is 5.43. The average molecular weight is 273 g/mol. The van der Waals surface area contributed by atoms with E-state index in [9.17, 15) is 0 Å². The number of hydrogen-bond acceptors (Lipinski definition) is 3. The minimum atomic E-state index is 0.832. The van der Waals surface area contributed by atoms with Crippen molar-refractivity contribution in [3.05, 3.63) is 30.0 Å². The van der Waals surface area contributed by atoms with Gasteiger partial charge >= 0.3 is 0 Å². The van der Waals surface area contributed by atoms with Crippen molar-refractivity contribution < 1.29 is 4.74 Å². The predicted octanol–water partition coefficient (Wildman–Crippen LogP) is 2.11. The second-order valence-corrected chi connectivity index (χ2v) is 5.70. The number of nitrogens with one attached hydrogen (secondary N) is 1. The first kappa shape index (κ1) is 13.5. The van der Waals surface area contributed by atoms with Crippen molar-refractivity contribution >= 4 is 16.6 Å².